The van der Waals surface area contributed by atoms with Crippen molar-refractivity contribution in [3.05, 3.63) is 36.4 Å². The van der Waals surface area contributed by atoms with Gasteiger partial charge in [-0.1, -0.05) is 29.2 Å². The molecule has 0 bridgehead atoms. The zero-order chi connectivity index (χ0) is 19.0. The van der Waals surface area contributed by atoms with E-state index >= 15 is 0 Å². The third-order valence-electron chi connectivity index (χ3n) is 4.40. The summed E-state index contributed by atoms with van der Waals surface area (Å²) < 4.78 is 28.5. The number of anilines is 2. The number of hydrogen-bond donors (Lipinski definition) is 1. The molecule has 2 heterocycles. The maximum absolute atomic E-state index is 12.7. The number of thioether (sulfide) groups is 1. The van der Waals surface area contributed by atoms with Crippen LogP contribution in [0.2, 0.25) is 0 Å². The van der Waals surface area contributed by atoms with Crippen LogP contribution in [0.1, 0.15) is 18.4 Å². The van der Waals surface area contributed by atoms with E-state index in [-0.39, 0.29) is 21.9 Å². The van der Waals surface area contributed by atoms with E-state index in [4.69, 9.17) is 0 Å². The lowest BCUT2D eigenvalue weighted by Crippen LogP contribution is -2.30. The van der Waals surface area contributed by atoms with E-state index in [1.165, 1.54) is 29.2 Å². The number of sulfonamides is 1. The molecule has 1 fully saturated rings. The van der Waals surface area contributed by atoms with Gasteiger partial charge in [-0.2, -0.15) is 0 Å². The maximum Gasteiger partial charge on any atom is 0.263 e. The molecule has 1 N–H and O–H groups in total. The summed E-state index contributed by atoms with van der Waals surface area (Å²) >= 11 is 2.63. The molecule has 0 atom stereocenters. The van der Waals surface area contributed by atoms with Gasteiger partial charge in [0.05, 0.1) is 4.90 Å². The van der Waals surface area contributed by atoms with E-state index in [1.54, 1.807) is 23.1 Å². The SMILES string of the molecule is C=CCSc1nnc(NS(=O)(=O)c2ccc3c(c2)CCN3C(=O)C2CC2)s1. The molecular formula is C17H18N4O3S3. The van der Waals surface area contributed by atoms with E-state index in [0.29, 0.717) is 23.1 Å². The number of aromatic nitrogens is 2. The Bertz CT molecular complexity index is 999. The summed E-state index contributed by atoms with van der Waals surface area (Å²) in [6.45, 7) is 4.25. The summed E-state index contributed by atoms with van der Waals surface area (Å²) in [5.41, 5.74) is 1.70. The number of fused-ring (bicyclic) bond motifs is 1. The van der Waals surface area contributed by atoms with Crippen molar-refractivity contribution in [2.45, 2.75) is 28.5 Å². The van der Waals surface area contributed by atoms with Gasteiger partial charge in [-0.3, -0.25) is 9.52 Å². The van der Waals surface area contributed by atoms with Gasteiger partial charge in [0.15, 0.2) is 4.34 Å². The van der Waals surface area contributed by atoms with Crippen molar-refractivity contribution in [2.24, 2.45) is 5.92 Å². The monoisotopic (exact) mass is 422 g/mol. The first-order valence-corrected chi connectivity index (χ1v) is 11.8. The van der Waals surface area contributed by atoms with Crippen LogP contribution < -0.4 is 9.62 Å². The Morgan fingerprint density at radius 2 is 2.22 bits per heavy atom. The lowest BCUT2D eigenvalue weighted by molar-refractivity contribution is -0.119. The number of carbonyl (C=O) groups excluding carboxylic acids is 1. The highest BCUT2D eigenvalue weighted by molar-refractivity contribution is 8.01. The summed E-state index contributed by atoms with van der Waals surface area (Å²) in [5.74, 6) is 0.981. The van der Waals surface area contributed by atoms with Crippen LogP contribution in [0.3, 0.4) is 0 Å². The van der Waals surface area contributed by atoms with Gasteiger partial charge in [0, 0.05) is 23.9 Å². The van der Waals surface area contributed by atoms with Crippen LogP contribution in [0.15, 0.2) is 40.1 Å². The molecule has 1 saturated carbocycles. The minimum Gasteiger partial charge on any atom is -0.312 e. The smallest absolute Gasteiger partial charge is 0.263 e. The molecule has 0 unspecified atom stereocenters. The minimum absolute atomic E-state index is 0.145. The Morgan fingerprint density at radius 3 is 2.96 bits per heavy atom. The standard InChI is InChI=1S/C17H18N4O3S3/c1-2-9-25-17-19-18-16(26-17)20-27(23,24)13-5-6-14-12(10-13)7-8-21(14)15(22)11-3-4-11/h2,5-6,10-11H,1,3-4,7-9H2,(H,18,20). The van der Waals surface area contributed by atoms with Gasteiger partial charge in [-0.05, 0) is 43.0 Å². The predicted molar refractivity (Wildman–Crippen MR) is 107 cm³/mol. The van der Waals surface area contributed by atoms with Gasteiger partial charge >= 0.3 is 0 Å². The normalized spacial score (nSPS) is 16.2. The van der Waals surface area contributed by atoms with Gasteiger partial charge in [-0.25, -0.2) is 8.42 Å². The molecule has 10 heteroatoms. The first-order valence-electron chi connectivity index (χ1n) is 8.52. The molecule has 0 spiro atoms. The van der Waals surface area contributed by atoms with E-state index in [0.717, 1.165) is 24.1 Å². The lowest BCUT2D eigenvalue weighted by Gasteiger charge is -2.17. The number of amides is 1. The van der Waals surface area contributed by atoms with Crippen LogP contribution in [0.25, 0.3) is 0 Å². The van der Waals surface area contributed by atoms with Crippen LogP contribution in [0, 0.1) is 5.92 Å². The molecule has 1 amide bonds. The number of benzene rings is 1. The summed E-state index contributed by atoms with van der Waals surface area (Å²) in [7, 11) is -3.76. The second kappa shape index (κ2) is 7.25. The second-order valence-electron chi connectivity index (χ2n) is 6.38. The van der Waals surface area contributed by atoms with Crippen molar-refractivity contribution < 1.29 is 13.2 Å². The molecule has 4 rings (SSSR count). The molecule has 2 aromatic rings. The highest BCUT2D eigenvalue weighted by atomic mass is 32.2. The Labute approximate surface area is 165 Å². The van der Waals surface area contributed by atoms with Gasteiger partial charge in [0.2, 0.25) is 11.0 Å². The average Bonchev–Trinajstić information content (AvgIpc) is 3.27. The molecule has 1 aromatic carbocycles. The Balaban J connectivity index is 1.51. The largest absolute Gasteiger partial charge is 0.312 e. The molecule has 1 aliphatic heterocycles. The van der Waals surface area contributed by atoms with Crippen molar-refractivity contribution in [2.75, 3.05) is 21.9 Å². The zero-order valence-corrected chi connectivity index (χ0v) is 16.9. The summed E-state index contributed by atoms with van der Waals surface area (Å²) in [6.07, 6.45) is 4.32. The molecule has 0 radical (unpaired) electrons. The highest BCUT2D eigenvalue weighted by Crippen LogP contribution is 2.37. The molecular weight excluding hydrogens is 404 g/mol. The van der Waals surface area contributed by atoms with Crippen LogP contribution >= 0.6 is 23.1 Å². The maximum atomic E-state index is 12.7. The van der Waals surface area contributed by atoms with Gasteiger partial charge in [0.1, 0.15) is 0 Å². The van der Waals surface area contributed by atoms with Crippen LogP contribution in [-0.2, 0) is 21.2 Å². The van der Waals surface area contributed by atoms with Crippen molar-refractivity contribution in [3.63, 3.8) is 0 Å². The average molecular weight is 423 g/mol. The summed E-state index contributed by atoms with van der Waals surface area (Å²) in [4.78, 5) is 14.3. The van der Waals surface area contributed by atoms with E-state index in [2.05, 4.69) is 21.5 Å². The van der Waals surface area contributed by atoms with Crippen LogP contribution in [-0.4, -0.2) is 36.8 Å². The van der Waals surface area contributed by atoms with E-state index < -0.39 is 10.0 Å². The molecule has 27 heavy (non-hydrogen) atoms. The van der Waals surface area contributed by atoms with E-state index in [9.17, 15) is 13.2 Å². The van der Waals surface area contributed by atoms with E-state index in [1.807, 2.05) is 0 Å². The second-order valence-corrected chi connectivity index (χ2v) is 10.3. The topological polar surface area (TPSA) is 92.3 Å². The molecule has 0 saturated heterocycles. The fraction of sp³-hybridized carbons (Fsp3) is 0.353. The fourth-order valence-electron chi connectivity index (χ4n) is 2.94. The number of nitrogens with zero attached hydrogens (tertiary/aromatic N) is 3. The number of hydrogen-bond acceptors (Lipinski definition) is 7. The van der Waals surface area contributed by atoms with Crippen molar-refractivity contribution >= 4 is 49.8 Å². The zero-order valence-electron chi connectivity index (χ0n) is 14.4. The van der Waals surface area contributed by atoms with Gasteiger partial charge < -0.3 is 4.90 Å². The number of nitrogens with one attached hydrogen (secondary N) is 1. The Hall–Kier alpha value is -1.91. The third-order valence-corrected chi connectivity index (χ3v) is 7.84. The number of carbonyl (C=O) groups is 1. The Morgan fingerprint density at radius 1 is 1.41 bits per heavy atom. The first-order chi connectivity index (χ1) is 13.0. The third kappa shape index (κ3) is 3.87. The lowest BCUT2D eigenvalue weighted by atomic mass is 10.2. The van der Waals surface area contributed by atoms with Crippen molar-refractivity contribution in [1.29, 1.82) is 0 Å². The molecule has 142 valence electrons. The number of rotatable bonds is 7. The molecule has 2 aliphatic rings. The molecule has 7 nitrogen and oxygen atoms in total. The summed E-state index contributed by atoms with van der Waals surface area (Å²) in [5, 5.41) is 8.07. The first kappa shape index (κ1) is 18.5. The predicted octanol–water partition coefficient (Wildman–Crippen LogP) is 2.92. The van der Waals surface area contributed by atoms with Gasteiger partial charge in [-0.15, -0.1) is 16.8 Å². The van der Waals surface area contributed by atoms with Gasteiger partial charge in [0.25, 0.3) is 10.0 Å². The fourth-order valence-corrected chi connectivity index (χ4v) is 5.73. The minimum atomic E-state index is -3.76. The van der Waals surface area contributed by atoms with Crippen molar-refractivity contribution in [1.82, 2.24) is 10.2 Å². The van der Waals surface area contributed by atoms with Crippen LogP contribution in [0.5, 0.6) is 0 Å². The highest BCUT2D eigenvalue weighted by Gasteiger charge is 2.36. The van der Waals surface area contributed by atoms with Crippen LogP contribution in [0.4, 0.5) is 10.8 Å². The Kier molecular flexibility index (Phi) is 4.95. The molecule has 1 aliphatic carbocycles. The molecule has 1 aromatic heterocycles. The quantitative estimate of drug-likeness (QED) is 0.545. The summed E-state index contributed by atoms with van der Waals surface area (Å²) in [6, 6.07) is 4.91. The van der Waals surface area contributed by atoms with Crippen molar-refractivity contribution in [3.8, 4) is 0 Å².